The van der Waals surface area contributed by atoms with E-state index < -0.39 is 27.8 Å². The van der Waals surface area contributed by atoms with Gasteiger partial charge in [-0.15, -0.1) is 5.10 Å². The van der Waals surface area contributed by atoms with Gasteiger partial charge in [0.1, 0.15) is 0 Å². The van der Waals surface area contributed by atoms with Crippen LogP contribution in [0.25, 0.3) is 0 Å². The lowest BCUT2D eigenvalue weighted by Crippen LogP contribution is -2.45. The van der Waals surface area contributed by atoms with Gasteiger partial charge >= 0.3 is 6.03 Å². The molecule has 0 aromatic carbocycles. The van der Waals surface area contributed by atoms with E-state index in [9.17, 15) is 18.0 Å². The normalized spacial score (nSPS) is 19.7. The number of tetrazole rings is 1. The number of sulfone groups is 1. The van der Waals surface area contributed by atoms with Gasteiger partial charge in [0.25, 0.3) is 0 Å². The number of rotatable bonds is 5. The molecule has 0 aliphatic carbocycles. The number of thioether (sulfide) groups is 1. The summed E-state index contributed by atoms with van der Waals surface area (Å²) < 4.78 is 24.2. The molecule has 0 bridgehead atoms. The summed E-state index contributed by atoms with van der Waals surface area (Å²) in [4.78, 5) is 23.4. The Hall–Kier alpha value is -1.69. The van der Waals surface area contributed by atoms with Crippen molar-refractivity contribution in [1.82, 2.24) is 30.8 Å². The molecule has 128 valence electrons. The molecule has 0 unspecified atom stereocenters. The number of aromatic nitrogens is 4. The van der Waals surface area contributed by atoms with Gasteiger partial charge in [0.2, 0.25) is 11.1 Å². The molecule has 1 fully saturated rings. The maximum atomic E-state index is 11.7. The molecule has 0 radical (unpaired) electrons. The van der Waals surface area contributed by atoms with Crippen molar-refractivity contribution >= 4 is 33.5 Å². The Morgan fingerprint density at radius 3 is 2.78 bits per heavy atom. The summed E-state index contributed by atoms with van der Waals surface area (Å²) >= 11 is 1.11. The van der Waals surface area contributed by atoms with Crippen molar-refractivity contribution < 1.29 is 18.0 Å². The summed E-state index contributed by atoms with van der Waals surface area (Å²) in [6.45, 7) is 3.81. The summed E-state index contributed by atoms with van der Waals surface area (Å²) in [5, 5.41) is 16.3. The molecule has 1 atom stereocenters. The average molecular weight is 362 g/mol. The van der Waals surface area contributed by atoms with E-state index in [0.29, 0.717) is 11.6 Å². The maximum absolute atomic E-state index is 11.7. The van der Waals surface area contributed by atoms with Crippen LogP contribution in [-0.4, -0.2) is 63.9 Å². The molecule has 1 saturated heterocycles. The number of nitrogens with one attached hydrogen (secondary N) is 2. The van der Waals surface area contributed by atoms with Gasteiger partial charge in [0.05, 0.1) is 23.3 Å². The molecule has 0 spiro atoms. The smallest absolute Gasteiger partial charge is 0.321 e. The number of carbonyl (C=O) groups excluding carboxylic acids is 2. The monoisotopic (exact) mass is 362 g/mol. The van der Waals surface area contributed by atoms with Crippen LogP contribution in [-0.2, 0) is 14.6 Å². The van der Waals surface area contributed by atoms with Crippen molar-refractivity contribution in [2.75, 3.05) is 17.3 Å². The lowest BCUT2D eigenvalue weighted by molar-refractivity contribution is -0.117. The second kappa shape index (κ2) is 7.25. The van der Waals surface area contributed by atoms with Gasteiger partial charge in [-0.1, -0.05) is 11.8 Å². The standard InChI is InChI=1S/C11H18N6O4S2/c1-7(2)17-11(14-15-16-17)22-5-9(18)13-10(19)12-8-3-4-23(20,21)6-8/h7-8H,3-6H2,1-2H3,(H2,12,13,18,19)/t8-/m0/s1. The average Bonchev–Trinajstić information content (AvgIpc) is 3.02. The minimum atomic E-state index is -3.08. The van der Waals surface area contributed by atoms with Crippen molar-refractivity contribution in [2.24, 2.45) is 0 Å². The molecule has 2 rings (SSSR count). The fraction of sp³-hybridized carbons (Fsp3) is 0.727. The second-order valence-electron chi connectivity index (χ2n) is 5.41. The maximum Gasteiger partial charge on any atom is 0.321 e. The van der Waals surface area contributed by atoms with Gasteiger partial charge in [-0.2, -0.15) is 0 Å². The summed E-state index contributed by atoms with van der Waals surface area (Å²) in [6, 6.07) is -1.09. The molecule has 23 heavy (non-hydrogen) atoms. The van der Waals surface area contributed by atoms with Crippen molar-refractivity contribution in [3.05, 3.63) is 0 Å². The highest BCUT2D eigenvalue weighted by molar-refractivity contribution is 7.99. The van der Waals surface area contributed by atoms with Crippen LogP contribution in [0.2, 0.25) is 0 Å². The van der Waals surface area contributed by atoms with E-state index in [2.05, 4.69) is 26.2 Å². The van der Waals surface area contributed by atoms with Gasteiger partial charge < -0.3 is 5.32 Å². The molecule has 10 nitrogen and oxygen atoms in total. The Balaban J connectivity index is 1.76. The number of hydrogen-bond donors (Lipinski definition) is 2. The van der Waals surface area contributed by atoms with Crippen LogP contribution in [0.3, 0.4) is 0 Å². The first-order valence-corrected chi connectivity index (χ1v) is 9.79. The van der Waals surface area contributed by atoms with Gasteiger partial charge in [0.15, 0.2) is 9.84 Å². The zero-order valence-corrected chi connectivity index (χ0v) is 14.4. The number of hydrogen-bond acceptors (Lipinski definition) is 8. The first kappa shape index (κ1) is 17.7. The minimum Gasteiger partial charge on any atom is -0.334 e. The minimum absolute atomic E-state index is 0.0243. The molecule has 1 aromatic heterocycles. The third-order valence-electron chi connectivity index (χ3n) is 3.10. The van der Waals surface area contributed by atoms with Crippen LogP contribution in [0.15, 0.2) is 5.16 Å². The molecule has 3 amide bonds. The number of urea groups is 1. The molecule has 1 aliphatic heterocycles. The molecule has 2 N–H and O–H groups in total. The SMILES string of the molecule is CC(C)n1nnnc1SCC(=O)NC(=O)N[C@H]1CCS(=O)(=O)C1. The Morgan fingerprint density at radius 2 is 2.17 bits per heavy atom. The third kappa shape index (κ3) is 5.16. The van der Waals surface area contributed by atoms with Crippen molar-refractivity contribution in [3.63, 3.8) is 0 Å². The lowest BCUT2D eigenvalue weighted by atomic mass is 10.3. The van der Waals surface area contributed by atoms with Crippen LogP contribution in [0.5, 0.6) is 0 Å². The summed E-state index contributed by atoms with van der Waals surface area (Å²) in [6.07, 6.45) is 0.363. The van der Waals surface area contributed by atoms with Crippen molar-refractivity contribution in [1.29, 1.82) is 0 Å². The van der Waals surface area contributed by atoms with E-state index in [1.54, 1.807) is 4.68 Å². The summed E-state index contributed by atoms with van der Waals surface area (Å²) in [5.41, 5.74) is 0. The predicted molar refractivity (Wildman–Crippen MR) is 82.7 cm³/mol. The largest absolute Gasteiger partial charge is 0.334 e. The molecular formula is C11H18N6O4S2. The van der Waals surface area contributed by atoms with Crippen molar-refractivity contribution in [3.8, 4) is 0 Å². The Labute approximate surface area is 137 Å². The highest BCUT2D eigenvalue weighted by Crippen LogP contribution is 2.16. The fourth-order valence-electron chi connectivity index (χ4n) is 2.03. The molecule has 0 saturated carbocycles. The molecule has 12 heteroatoms. The van der Waals surface area contributed by atoms with Crippen LogP contribution in [0.4, 0.5) is 4.79 Å². The van der Waals surface area contributed by atoms with Crippen molar-refractivity contribution in [2.45, 2.75) is 37.5 Å². The predicted octanol–water partition coefficient (Wildman–Crippen LogP) is -0.641. The third-order valence-corrected chi connectivity index (χ3v) is 5.81. The van der Waals surface area contributed by atoms with E-state index in [0.717, 1.165) is 11.8 Å². The number of nitrogens with zero attached hydrogens (tertiary/aromatic N) is 4. The van der Waals surface area contributed by atoms with Gasteiger partial charge in [-0.05, 0) is 30.7 Å². The van der Waals surface area contributed by atoms with Gasteiger partial charge in [0, 0.05) is 6.04 Å². The highest BCUT2D eigenvalue weighted by atomic mass is 32.2. The topological polar surface area (TPSA) is 136 Å². The van der Waals surface area contributed by atoms with Crippen LogP contribution in [0.1, 0.15) is 26.3 Å². The van der Waals surface area contributed by atoms with Gasteiger partial charge in [-0.25, -0.2) is 17.9 Å². The van der Waals surface area contributed by atoms with Crippen LogP contribution >= 0.6 is 11.8 Å². The van der Waals surface area contributed by atoms with Crippen LogP contribution in [0, 0.1) is 0 Å². The molecule has 1 aliphatic rings. The highest BCUT2D eigenvalue weighted by Gasteiger charge is 2.29. The zero-order chi connectivity index (χ0) is 17.0. The number of imide groups is 1. The van der Waals surface area contributed by atoms with E-state index in [1.807, 2.05) is 13.8 Å². The van der Waals surface area contributed by atoms with E-state index in [4.69, 9.17) is 0 Å². The van der Waals surface area contributed by atoms with E-state index >= 15 is 0 Å². The second-order valence-corrected chi connectivity index (χ2v) is 8.58. The Kier molecular flexibility index (Phi) is 5.57. The quantitative estimate of drug-likeness (QED) is 0.660. The summed E-state index contributed by atoms with van der Waals surface area (Å²) in [5.74, 6) is -0.568. The Morgan fingerprint density at radius 1 is 1.43 bits per heavy atom. The first-order valence-electron chi connectivity index (χ1n) is 6.98. The fourth-order valence-corrected chi connectivity index (χ4v) is 4.51. The van der Waals surface area contributed by atoms with E-state index in [1.165, 1.54) is 0 Å². The first-order chi connectivity index (χ1) is 10.8. The molecule has 2 heterocycles. The number of amides is 3. The molecular weight excluding hydrogens is 344 g/mol. The van der Waals surface area contributed by atoms with Crippen LogP contribution < -0.4 is 10.6 Å². The summed E-state index contributed by atoms with van der Waals surface area (Å²) in [7, 11) is -3.08. The van der Waals surface area contributed by atoms with Gasteiger partial charge in [-0.3, -0.25) is 10.1 Å². The van der Waals surface area contributed by atoms with E-state index in [-0.39, 0.29) is 23.3 Å². The zero-order valence-electron chi connectivity index (χ0n) is 12.7. The lowest BCUT2D eigenvalue weighted by Gasteiger charge is -2.11. The molecule has 1 aromatic rings. The number of carbonyl (C=O) groups is 2. The Bertz CT molecular complexity index is 686.